The Morgan fingerprint density at radius 3 is 2.71 bits per heavy atom. The Kier molecular flexibility index (Phi) is 8.52. The van der Waals surface area contributed by atoms with E-state index in [0.29, 0.717) is 51.6 Å². The number of dihydropyridines is 1. The van der Waals surface area contributed by atoms with Crippen LogP contribution in [0.2, 0.25) is 0 Å². The average Bonchev–Trinajstić information content (AvgIpc) is 2.87. The zero-order chi connectivity index (χ0) is 27.4. The molecule has 0 fully saturated rings. The van der Waals surface area contributed by atoms with Crippen LogP contribution < -0.4 is 15.4 Å². The van der Waals surface area contributed by atoms with Crippen LogP contribution in [-0.4, -0.2) is 17.3 Å². The van der Waals surface area contributed by atoms with Gasteiger partial charge in [-0.1, -0.05) is 31.5 Å². The zero-order valence-electron chi connectivity index (χ0n) is 21.8. The van der Waals surface area contributed by atoms with Crippen molar-refractivity contribution in [1.29, 1.82) is 5.26 Å². The van der Waals surface area contributed by atoms with Crippen LogP contribution in [0.3, 0.4) is 0 Å². The molecule has 1 aliphatic carbocycles. The molecule has 9 heteroatoms. The molecule has 0 saturated carbocycles. The Bertz CT molecular complexity index is 1380. The fraction of sp³-hybridized carbons (Fsp3) is 0.379. The van der Waals surface area contributed by atoms with E-state index in [9.17, 15) is 20.2 Å². The van der Waals surface area contributed by atoms with Crippen molar-refractivity contribution in [1.82, 2.24) is 5.32 Å². The first kappa shape index (κ1) is 27.4. The van der Waals surface area contributed by atoms with Crippen molar-refractivity contribution in [2.75, 3.05) is 11.9 Å². The number of para-hydroxylation sites is 1. The monoisotopic (exact) mass is 578 g/mol. The number of ether oxygens (including phenoxy) is 1. The molecule has 2 unspecified atom stereocenters. The highest BCUT2D eigenvalue weighted by Gasteiger charge is 2.39. The first-order valence-corrected chi connectivity index (χ1v) is 13.6. The van der Waals surface area contributed by atoms with E-state index < -0.39 is 10.8 Å². The molecule has 2 atom stereocenters. The number of carbonyl (C=O) groups excluding carboxylic acids is 1. The van der Waals surface area contributed by atoms with Gasteiger partial charge in [-0.25, -0.2) is 0 Å². The van der Waals surface area contributed by atoms with Crippen LogP contribution in [0.15, 0.2) is 63.4 Å². The maximum atomic E-state index is 13.4. The highest BCUT2D eigenvalue weighted by molar-refractivity contribution is 9.10. The summed E-state index contributed by atoms with van der Waals surface area (Å²) in [4.78, 5) is 24.5. The molecule has 2 N–H and O–H groups in total. The molecular formula is C29H31BrN4O4. The lowest BCUT2D eigenvalue weighted by Gasteiger charge is -2.35. The van der Waals surface area contributed by atoms with Crippen LogP contribution in [0.4, 0.5) is 11.4 Å². The standard InChI is InChI=1S/C29H31BrN4O4/c1-4-8-18-11-23-28(25(35)12-18)27(21(15-31)17(3)33-23)20-13-22(30)29(26(14-20)38-5-2)32-16-19-9-6-7-10-24(19)34(36)37/h6-7,9-10,13-14,18,27,32-33H,4-5,8,11-12,16H2,1-3H3. The van der Waals surface area contributed by atoms with Crippen molar-refractivity contribution in [3.05, 3.63) is 84.7 Å². The highest BCUT2D eigenvalue weighted by atomic mass is 79.9. The van der Waals surface area contributed by atoms with Crippen molar-refractivity contribution in [2.45, 2.75) is 58.9 Å². The van der Waals surface area contributed by atoms with E-state index in [2.05, 4.69) is 39.6 Å². The molecule has 2 aromatic carbocycles. The SMILES string of the molecule is CCCC1CC(=O)C2=C(C1)NC(C)=C(C#N)C2c1cc(Br)c(NCc2ccccc2[N+](=O)[O-])c(OCC)c1. The minimum atomic E-state index is -0.494. The van der Waals surface area contributed by atoms with E-state index in [0.717, 1.165) is 36.2 Å². The molecule has 4 rings (SSSR count). The smallest absolute Gasteiger partial charge is 0.274 e. The van der Waals surface area contributed by atoms with Gasteiger partial charge in [0.05, 0.1) is 34.8 Å². The molecule has 38 heavy (non-hydrogen) atoms. The van der Waals surface area contributed by atoms with Gasteiger partial charge in [-0.05, 0) is 66.2 Å². The Morgan fingerprint density at radius 2 is 2.03 bits per heavy atom. The van der Waals surface area contributed by atoms with E-state index in [1.807, 2.05) is 26.0 Å². The molecular weight excluding hydrogens is 548 g/mol. The summed E-state index contributed by atoms with van der Waals surface area (Å²) in [6.07, 6.45) is 3.28. The van der Waals surface area contributed by atoms with Gasteiger partial charge in [0.2, 0.25) is 0 Å². The zero-order valence-corrected chi connectivity index (χ0v) is 23.4. The Balaban J connectivity index is 1.75. The molecule has 1 heterocycles. The number of hydrogen-bond donors (Lipinski definition) is 2. The van der Waals surface area contributed by atoms with Crippen molar-refractivity contribution >= 4 is 33.1 Å². The molecule has 0 amide bonds. The molecule has 0 aromatic heterocycles. The van der Waals surface area contributed by atoms with Crippen LogP contribution in [-0.2, 0) is 11.3 Å². The number of nitro benzene ring substituents is 1. The molecule has 2 aromatic rings. The maximum absolute atomic E-state index is 13.4. The number of Topliss-reactive ketones (excluding diaryl/α,β-unsaturated/α-hetero) is 1. The lowest BCUT2D eigenvalue weighted by atomic mass is 9.72. The van der Waals surface area contributed by atoms with Gasteiger partial charge in [0, 0.05) is 46.0 Å². The van der Waals surface area contributed by atoms with Gasteiger partial charge in [-0.2, -0.15) is 5.26 Å². The number of allylic oxidation sites excluding steroid dienone is 4. The van der Waals surface area contributed by atoms with Gasteiger partial charge >= 0.3 is 0 Å². The van der Waals surface area contributed by atoms with E-state index in [1.54, 1.807) is 18.2 Å². The van der Waals surface area contributed by atoms with E-state index in [-0.39, 0.29) is 18.0 Å². The van der Waals surface area contributed by atoms with Gasteiger partial charge in [0.25, 0.3) is 5.69 Å². The second kappa shape index (κ2) is 11.8. The summed E-state index contributed by atoms with van der Waals surface area (Å²) >= 11 is 3.65. The third-order valence-electron chi connectivity index (χ3n) is 7.08. The summed E-state index contributed by atoms with van der Waals surface area (Å²) in [6.45, 7) is 6.50. The lowest BCUT2D eigenvalue weighted by Crippen LogP contribution is -2.34. The number of anilines is 1. The van der Waals surface area contributed by atoms with Crippen molar-refractivity contribution in [2.24, 2.45) is 5.92 Å². The number of nitriles is 1. The van der Waals surface area contributed by atoms with Crippen molar-refractivity contribution in [3.8, 4) is 11.8 Å². The predicted octanol–water partition coefficient (Wildman–Crippen LogP) is 6.89. The van der Waals surface area contributed by atoms with E-state index in [1.165, 1.54) is 6.07 Å². The molecule has 1 aliphatic heterocycles. The number of rotatable bonds is 9. The Morgan fingerprint density at radius 1 is 1.26 bits per heavy atom. The second-order valence-corrected chi connectivity index (χ2v) is 10.5. The lowest BCUT2D eigenvalue weighted by molar-refractivity contribution is -0.385. The number of benzene rings is 2. The van der Waals surface area contributed by atoms with Gasteiger partial charge in [0.15, 0.2) is 5.78 Å². The van der Waals surface area contributed by atoms with Crippen LogP contribution >= 0.6 is 15.9 Å². The number of halogens is 1. The quantitative estimate of drug-likeness (QED) is 0.246. The summed E-state index contributed by atoms with van der Waals surface area (Å²) in [6, 6.07) is 12.7. The van der Waals surface area contributed by atoms with Gasteiger partial charge in [-0.15, -0.1) is 0 Å². The number of nitro groups is 1. The third kappa shape index (κ3) is 5.46. The van der Waals surface area contributed by atoms with Crippen LogP contribution in [0, 0.1) is 27.4 Å². The van der Waals surface area contributed by atoms with Crippen molar-refractivity contribution < 1.29 is 14.5 Å². The van der Waals surface area contributed by atoms with E-state index >= 15 is 0 Å². The topological polar surface area (TPSA) is 117 Å². The normalized spacial score (nSPS) is 19.0. The Labute approximate surface area is 231 Å². The number of hydrogen-bond acceptors (Lipinski definition) is 7. The van der Waals surface area contributed by atoms with Gasteiger partial charge in [-0.3, -0.25) is 14.9 Å². The number of nitrogens with one attached hydrogen (secondary N) is 2. The average molecular weight is 579 g/mol. The van der Waals surface area contributed by atoms with Crippen molar-refractivity contribution in [3.63, 3.8) is 0 Å². The molecule has 0 bridgehead atoms. The largest absolute Gasteiger partial charge is 0.492 e. The minimum absolute atomic E-state index is 0.0383. The van der Waals surface area contributed by atoms with Crippen LogP contribution in [0.5, 0.6) is 5.75 Å². The molecule has 0 saturated heterocycles. The third-order valence-corrected chi connectivity index (χ3v) is 7.71. The van der Waals surface area contributed by atoms with Crippen LogP contribution in [0.25, 0.3) is 0 Å². The number of carbonyl (C=O) groups is 1. The predicted molar refractivity (Wildman–Crippen MR) is 150 cm³/mol. The number of ketones is 1. The maximum Gasteiger partial charge on any atom is 0.274 e. The Hall–Kier alpha value is -3.64. The highest BCUT2D eigenvalue weighted by Crippen LogP contribution is 2.46. The fourth-order valence-corrected chi connectivity index (χ4v) is 6.04. The molecule has 2 aliphatic rings. The first-order chi connectivity index (χ1) is 18.3. The van der Waals surface area contributed by atoms with Gasteiger partial charge < -0.3 is 15.4 Å². The molecule has 8 nitrogen and oxygen atoms in total. The molecule has 0 radical (unpaired) electrons. The first-order valence-electron chi connectivity index (χ1n) is 12.8. The molecule has 0 spiro atoms. The summed E-state index contributed by atoms with van der Waals surface area (Å²) in [7, 11) is 0. The van der Waals surface area contributed by atoms with E-state index in [4.69, 9.17) is 4.74 Å². The summed E-state index contributed by atoms with van der Waals surface area (Å²) in [5.74, 6) is 0.426. The molecule has 198 valence electrons. The number of nitrogens with zero attached hydrogens (tertiary/aromatic N) is 2. The summed E-state index contributed by atoms with van der Waals surface area (Å²) in [5, 5.41) is 28.2. The summed E-state index contributed by atoms with van der Waals surface area (Å²) < 4.78 is 6.66. The fourth-order valence-electron chi connectivity index (χ4n) is 5.44. The minimum Gasteiger partial charge on any atom is -0.492 e. The van der Waals surface area contributed by atoms with Crippen LogP contribution in [0.1, 0.15) is 63.5 Å². The summed E-state index contributed by atoms with van der Waals surface area (Å²) in [5.41, 5.74) is 4.86. The van der Waals surface area contributed by atoms with Gasteiger partial charge in [0.1, 0.15) is 5.75 Å². The second-order valence-electron chi connectivity index (χ2n) is 9.64.